The van der Waals surface area contributed by atoms with Crippen molar-refractivity contribution < 1.29 is 0 Å². The number of hydrogen-bond acceptors (Lipinski definition) is 5. The Labute approximate surface area is 119 Å². The summed E-state index contributed by atoms with van der Waals surface area (Å²) in [6.07, 6.45) is 1.43. The zero-order chi connectivity index (χ0) is 13.7. The Morgan fingerprint density at radius 3 is 2.47 bits per heavy atom. The molecule has 5 heteroatoms. The number of hydrogen-bond donors (Lipinski definition) is 0. The zero-order valence-corrected chi connectivity index (χ0v) is 12.7. The van der Waals surface area contributed by atoms with E-state index in [0.717, 1.165) is 56.3 Å². The van der Waals surface area contributed by atoms with Gasteiger partial charge in [0.1, 0.15) is 5.01 Å². The highest BCUT2D eigenvalue weighted by Crippen LogP contribution is 2.21. The maximum atomic E-state index is 8.84. The number of rotatable bonds is 5. The molecule has 4 nitrogen and oxygen atoms in total. The van der Waals surface area contributed by atoms with E-state index in [2.05, 4.69) is 29.7 Å². The Bertz CT molecular complexity index is 441. The molecule has 0 spiro atoms. The molecule has 1 aliphatic heterocycles. The molecule has 0 radical (unpaired) electrons. The average molecular weight is 278 g/mol. The summed E-state index contributed by atoms with van der Waals surface area (Å²) in [5, 5.41) is 10.0. The Balaban J connectivity index is 1.94. The van der Waals surface area contributed by atoms with Crippen LogP contribution in [0.1, 0.15) is 29.4 Å². The predicted octanol–water partition coefficient (Wildman–Crippen LogP) is 1.91. The van der Waals surface area contributed by atoms with Gasteiger partial charge in [0, 0.05) is 31.1 Å². The second kappa shape index (κ2) is 6.99. The average Bonchev–Trinajstić information content (AvgIpc) is 2.82. The topological polar surface area (TPSA) is 43.2 Å². The van der Waals surface area contributed by atoms with Crippen molar-refractivity contribution in [3.63, 3.8) is 0 Å². The van der Waals surface area contributed by atoms with Gasteiger partial charge in [0.15, 0.2) is 0 Å². The Hall–Kier alpha value is -0.960. The smallest absolute Gasteiger partial charge is 0.107 e. The highest BCUT2D eigenvalue weighted by Gasteiger charge is 2.18. The van der Waals surface area contributed by atoms with Gasteiger partial charge in [-0.05, 0) is 13.0 Å². The first-order valence-electron chi connectivity index (χ1n) is 7.05. The molecule has 0 bridgehead atoms. The minimum Gasteiger partial charge on any atom is -0.301 e. The molecule has 2 rings (SSSR count). The summed E-state index contributed by atoms with van der Waals surface area (Å²) in [5.74, 6) is 0. The molecular formula is C14H22N4S. The second-order valence-electron chi connectivity index (χ2n) is 4.88. The Morgan fingerprint density at radius 2 is 1.89 bits per heavy atom. The fourth-order valence-corrected chi connectivity index (χ4v) is 3.58. The molecule has 1 fully saturated rings. The zero-order valence-electron chi connectivity index (χ0n) is 11.9. The van der Waals surface area contributed by atoms with Crippen LogP contribution in [0.3, 0.4) is 0 Å². The summed E-state index contributed by atoms with van der Waals surface area (Å²) in [7, 11) is 0. The minimum absolute atomic E-state index is 0.504. The lowest BCUT2D eigenvalue weighted by Gasteiger charge is -2.33. The maximum absolute atomic E-state index is 8.84. The fourth-order valence-electron chi connectivity index (χ4n) is 2.45. The van der Waals surface area contributed by atoms with E-state index in [1.807, 2.05) is 0 Å². The van der Waals surface area contributed by atoms with Gasteiger partial charge in [0.05, 0.1) is 24.7 Å². The first kappa shape index (κ1) is 14.4. The van der Waals surface area contributed by atoms with Crippen molar-refractivity contribution in [2.75, 3.05) is 32.7 Å². The number of piperazine rings is 1. The van der Waals surface area contributed by atoms with Crippen LogP contribution in [-0.4, -0.2) is 47.5 Å². The quantitative estimate of drug-likeness (QED) is 0.825. The first-order chi connectivity index (χ1) is 9.26. The second-order valence-corrected chi connectivity index (χ2v) is 6.04. The molecule has 1 aromatic rings. The van der Waals surface area contributed by atoms with Crippen molar-refractivity contribution in [3.05, 3.63) is 15.6 Å². The van der Waals surface area contributed by atoms with Crippen LogP contribution in [0.2, 0.25) is 0 Å². The molecule has 1 saturated heterocycles. The number of nitriles is 1. The number of likely N-dealkylation sites (N-methyl/N-ethyl adjacent to an activating group) is 1. The molecule has 0 aliphatic carbocycles. The Kier molecular flexibility index (Phi) is 5.32. The van der Waals surface area contributed by atoms with E-state index in [1.165, 1.54) is 5.01 Å². The standard InChI is InChI=1S/C14H22N4S/c1-3-12-13(5-6-15)19-14(16-12)11-18-9-7-17(4-2)8-10-18/h3-5,7-11H2,1-2H3. The van der Waals surface area contributed by atoms with Gasteiger partial charge in [-0.25, -0.2) is 4.98 Å². The molecule has 0 amide bonds. The van der Waals surface area contributed by atoms with Gasteiger partial charge in [-0.2, -0.15) is 5.26 Å². The van der Waals surface area contributed by atoms with Crippen molar-refractivity contribution >= 4 is 11.3 Å². The van der Waals surface area contributed by atoms with E-state index in [9.17, 15) is 0 Å². The molecule has 0 unspecified atom stereocenters. The molecule has 1 aliphatic rings. The van der Waals surface area contributed by atoms with Crippen LogP contribution in [0.4, 0.5) is 0 Å². The molecule has 104 valence electrons. The fraction of sp³-hybridized carbons (Fsp3) is 0.714. The summed E-state index contributed by atoms with van der Waals surface area (Å²) >= 11 is 1.72. The van der Waals surface area contributed by atoms with Gasteiger partial charge in [0.25, 0.3) is 0 Å². The first-order valence-corrected chi connectivity index (χ1v) is 7.87. The normalized spacial score (nSPS) is 17.5. The van der Waals surface area contributed by atoms with Gasteiger partial charge in [0.2, 0.25) is 0 Å². The van der Waals surface area contributed by atoms with Crippen LogP contribution < -0.4 is 0 Å². The third-order valence-corrected chi connectivity index (χ3v) is 4.75. The highest BCUT2D eigenvalue weighted by molar-refractivity contribution is 7.11. The van der Waals surface area contributed by atoms with E-state index in [1.54, 1.807) is 11.3 Å². The van der Waals surface area contributed by atoms with Crippen LogP contribution in [-0.2, 0) is 19.4 Å². The number of aromatic nitrogens is 1. The summed E-state index contributed by atoms with van der Waals surface area (Å²) in [6.45, 7) is 11.0. The van der Waals surface area contributed by atoms with Gasteiger partial charge >= 0.3 is 0 Å². The van der Waals surface area contributed by atoms with Gasteiger partial charge < -0.3 is 4.90 Å². The van der Waals surface area contributed by atoms with Crippen molar-refractivity contribution in [1.82, 2.24) is 14.8 Å². The molecule has 0 aromatic carbocycles. The van der Waals surface area contributed by atoms with E-state index in [4.69, 9.17) is 10.2 Å². The summed E-state index contributed by atoms with van der Waals surface area (Å²) in [4.78, 5) is 10.8. The molecule has 0 saturated carbocycles. The maximum Gasteiger partial charge on any atom is 0.107 e. The molecule has 1 aromatic heterocycles. The Morgan fingerprint density at radius 1 is 1.21 bits per heavy atom. The number of nitrogens with zero attached hydrogens (tertiary/aromatic N) is 4. The van der Waals surface area contributed by atoms with E-state index < -0.39 is 0 Å². The summed E-state index contributed by atoms with van der Waals surface area (Å²) in [6, 6.07) is 2.24. The molecule has 2 heterocycles. The molecule has 19 heavy (non-hydrogen) atoms. The van der Waals surface area contributed by atoms with Crippen molar-refractivity contribution in [1.29, 1.82) is 5.26 Å². The summed E-state index contributed by atoms with van der Waals surface area (Å²) < 4.78 is 0. The summed E-state index contributed by atoms with van der Waals surface area (Å²) in [5.41, 5.74) is 1.12. The van der Waals surface area contributed by atoms with Crippen molar-refractivity contribution in [2.24, 2.45) is 0 Å². The highest BCUT2D eigenvalue weighted by atomic mass is 32.1. The molecule has 0 atom stereocenters. The van der Waals surface area contributed by atoms with Gasteiger partial charge in [-0.3, -0.25) is 4.90 Å². The van der Waals surface area contributed by atoms with E-state index in [-0.39, 0.29) is 0 Å². The lowest BCUT2D eigenvalue weighted by Crippen LogP contribution is -2.45. The van der Waals surface area contributed by atoms with Crippen LogP contribution >= 0.6 is 11.3 Å². The minimum atomic E-state index is 0.504. The monoisotopic (exact) mass is 278 g/mol. The van der Waals surface area contributed by atoms with Gasteiger partial charge in [-0.15, -0.1) is 11.3 Å². The predicted molar refractivity (Wildman–Crippen MR) is 78.2 cm³/mol. The third kappa shape index (κ3) is 3.75. The SMILES string of the molecule is CCc1nc(CN2CCN(CC)CC2)sc1CC#N. The van der Waals surface area contributed by atoms with Crippen LogP contribution in [0.15, 0.2) is 0 Å². The van der Waals surface area contributed by atoms with Crippen molar-refractivity contribution in [3.8, 4) is 6.07 Å². The number of aryl methyl sites for hydroxylation is 1. The van der Waals surface area contributed by atoms with Crippen LogP contribution in [0.25, 0.3) is 0 Å². The van der Waals surface area contributed by atoms with Crippen LogP contribution in [0.5, 0.6) is 0 Å². The molecule has 0 N–H and O–H groups in total. The third-order valence-electron chi connectivity index (χ3n) is 3.67. The lowest BCUT2D eigenvalue weighted by molar-refractivity contribution is 0.132. The number of thiazole rings is 1. The van der Waals surface area contributed by atoms with E-state index in [0.29, 0.717) is 6.42 Å². The van der Waals surface area contributed by atoms with Gasteiger partial charge in [-0.1, -0.05) is 13.8 Å². The molecular weight excluding hydrogens is 256 g/mol. The van der Waals surface area contributed by atoms with Crippen molar-refractivity contribution in [2.45, 2.75) is 33.2 Å². The van der Waals surface area contributed by atoms with E-state index >= 15 is 0 Å². The largest absolute Gasteiger partial charge is 0.301 e. The lowest BCUT2D eigenvalue weighted by atomic mass is 10.2. The van der Waals surface area contributed by atoms with Crippen LogP contribution in [0, 0.1) is 11.3 Å².